The Morgan fingerprint density at radius 3 is 2.47 bits per heavy atom. The first-order chi connectivity index (χ1) is 15.6. The first-order valence-corrected chi connectivity index (χ1v) is 12.1. The molecule has 1 saturated heterocycles. The zero-order valence-corrected chi connectivity index (χ0v) is 18.8. The van der Waals surface area contributed by atoms with Gasteiger partial charge < -0.3 is 19.5 Å². The quantitative estimate of drug-likeness (QED) is 0.757. The number of nitrogens with one attached hydrogen (secondary N) is 1. The summed E-state index contributed by atoms with van der Waals surface area (Å²) in [4.78, 5) is 19.9. The van der Waals surface area contributed by atoms with Crippen LogP contribution < -0.4 is 10.1 Å². The normalized spacial score (nSPS) is 33.3. The number of piperidine rings is 1. The van der Waals surface area contributed by atoms with Crippen molar-refractivity contribution in [3.63, 3.8) is 0 Å². The molecule has 7 rings (SSSR count). The van der Waals surface area contributed by atoms with Gasteiger partial charge in [-0.25, -0.2) is 4.79 Å². The van der Waals surface area contributed by atoms with Crippen molar-refractivity contribution in [2.24, 2.45) is 17.8 Å². The molecule has 0 unspecified atom stereocenters. The monoisotopic (exact) mass is 436 g/mol. The maximum atomic E-state index is 13.3. The standard InChI is InChI=1S/C25H32N4O3/c1-31-21-6-4-19(5-7-21)22-26-23(32-28-22)20-3-2-8-29(15-20)24(30)27-25-12-16-9-17(13-25)11-18(10-16)14-25/h4-7,16-18,20H,2-3,8-15H2,1H3,(H,27,30)/t16?,17?,18?,20-,25?/m1/s1. The minimum atomic E-state index is 0.0464. The third-order valence-corrected chi connectivity index (χ3v) is 8.26. The number of carbonyl (C=O) groups excluding carboxylic acids is 1. The molecule has 4 bridgehead atoms. The van der Waals surface area contributed by atoms with Crippen LogP contribution in [0.2, 0.25) is 0 Å². The van der Waals surface area contributed by atoms with Crippen LogP contribution in [0.3, 0.4) is 0 Å². The molecule has 1 aliphatic heterocycles. The van der Waals surface area contributed by atoms with Crippen LogP contribution in [-0.2, 0) is 0 Å². The lowest BCUT2D eigenvalue weighted by atomic mass is 9.53. The van der Waals surface area contributed by atoms with E-state index in [4.69, 9.17) is 9.26 Å². The summed E-state index contributed by atoms with van der Waals surface area (Å²) >= 11 is 0. The van der Waals surface area contributed by atoms with Gasteiger partial charge in [0.25, 0.3) is 0 Å². The van der Waals surface area contributed by atoms with Crippen molar-refractivity contribution < 1.29 is 14.1 Å². The lowest BCUT2D eigenvalue weighted by Crippen LogP contribution is -2.62. The average molecular weight is 437 g/mol. The third-order valence-electron chi connectivity index (χ3n) is 8.26. The molecule has 7 heteroatoms. The summed E-state index contributed by atoms with van der Waals surface area (Å²) in [5.74, 6) is 4.57. The maximum Gasteiger partial charge on any atom is 0.317 e. The molecule has 170 valence electrons. The molecule has 2 heterocycles. The number of hydrogen-bond acceptors (Lipinski definition) is 5. The van der Waals surface area contributed by atoms with Crippen LogP contribution in [-0.4, -0.2) is 46.8 Å². The van der Waals surface area contributed by atoms with E-state index < -0.39 is 0 Å². The third kappa shape index (κ3) is 3.65. The molecule has 4 saturated carbocycles. The fourth-order valence-electron chi connectivity index (χ4n) is 7.19. The van der Waals surface area contributed by atoms with Crippen molar-refractivity contribution in [2.45, 2.75) is 62.8 Å². The molecule has 1 aromatic carbocycles. The van der Waals surface area contributed by atoms with Gasteiger partial charge in [-0.05, 0) is 93.4 Å². The maximum absolute atomic E-state index is 13.3. The van der Waals surface area contributed by atoms with Gasteiger partial charge in [-0.3, -0.25) is 0 Å². The van der Waals surface area contributed by atoms with Gasteiger partial charge in [0.1, 0.15) is 5.75 Å². The Hall–Kier alpha value is -2.57. The fourth-order valence-corrected chi connectivity index (χ4v) is 7.19. The molecular weight excluding hydrogens is 404 g/mol. The van der Waals surface area contributed by atoms with Crippen molar-refractivity contribution in [3.8, 4) is 17.1 Å². The molecule has 1 N–H and O–H groups in total. The largest absolute Gasteiger partial charge is 0.497 e. The summed E-state index contributed by atoms with van der Waals surface area (Å²) in [5, 5.41) is 7.70. The van der Waals surface area contributed by atoms with E-state index in [2.05, 4.69) is 15.5 Å². The molecule has 0 spiro atoms. The summed E-state index contributed by atoms with van der Waals surface area (Å²) in [6, 6.07) is 7.75. The second kappa shape index (κ2) is 7.78. The fraction of sp³-hybridized carbons (Fsp3) is 0.640. The number of rotatable bonds is 4. The van der Waals surface area contributed by atoms with Gasteiger partial charge in [-0.15, -0.1) is 0 Å². The minimum Gasteiger partial charge on any atom is -0.497 e. The van der Waals surface area contributed by atoms with E-state index in [0.29, 0.717) is 18.3 Å². The second-order valence-corrected chi connectivity index (χ2v) is 10.6. The van der Waals surface area contributed by atoms with Gasteiger partial charge >= 0.3 is 6.03 Å². The van der Waals surface area contributed by atoms with Crippen LogP contribution >= 0.6 is 0 Å². The number of aromatic nitrogens is 2. The van der Waals surface area contributed by atoms with Crippen LogP contribution in [0.25, 0.3) is 11.4 Å². The molecule has 2 amide bonds. The highest BCUT2D eigenvalue weighted by Crippen LogP contribution is 2.55. The predicted molar refractivity (Wildman–Crippen MR) is 119 cm³/mol. The van der Waals surface area contributed by atoms with Crippen LogP contribution in [0.5, 0.6) is 5.75 Å². The van der Waals surface area contributed by atoms with Crippen molar-refractivity contribution in [2.75, 3.05) is 20.2 Å². The Morgan fingerprint density at radius 2 is 1.81 bits per heavy atom. The number of likely N-dealkylation sites (tertiary alicyclic amines) is 1. The molecule has 1 atom stereocenters. The van der Waals surface area contributed by atoms with Gasteiger partial charge in [0, 0.05) is 24.2 Å². The number of hydrogen-bond donors (Lipinski definition) is 1. The smallest absolute Gasteiger partial charge is 0.317 e. The van der Waals surface area contributed by atoms with Gasteiger partial charge in [0.2, 0.25) is 11.7 Å². The van der Waals surface area contributed by atoms with E-state index in [1.807, 2.05) is 29.2 Å². The van der Waals surface area contributed by atoms with Gasteiger partial charge in [0.15, 0.2) is 0 Å². The van der Waals surface area contributed by atoms with Crippen LogP contribution in [0.1, 0.15) is 63.2 Å². The van der Waals surface area contributed by atoms with Crippen molar-refractivity contribution >= 4 is 6.03 Å². The van der Waals surface area contributed by atoms with E-state index in [0.717, 1.165) is 48.5 Å². The number of amides is 2. The zero-order valence-electron chi connectivity index (χ0n) is 18.8. The molecular formula is C25H32N4O3. The summed E-state index contributed by atoms with van der Waals surface area (Å²) < 4.78 is 10.8. The summed E-state index contributed by atoms with van der Waals surface area (Å²) in [5.41, 5.74) is 0.943. The average Bonchev–Trinajstić information content (AvgIpc) is 3.28. The highest BCUT2D eigenvalue weighted by molar-refractivity contribution is 5.75. The van der Waals surface area contributed by atoms with E-state index in [-0.39, 0.29) is 17.5 Å². The van der Waals surface area contributed by atoms with Gasteiger partial charge in [-0.2, -0.15) is 4.98 Å². The summed E-state index contributed by atoms with van der Waals surface area (Å²) in [6.45, 7) is 1.44. The number of benzene rings is 1. The Bertz CT molecular complexity index is 950. The lowest BCUT2D eigenvalue weighted by molar-refractivity contribution is -0.0161. The van der Waals surface area contributed by atoms with Crippen LogP contribution in [0, 0.1) is 17.8 Å². The Balaban J connectivity index is 1.12. The van der Waals surface area contributed by atoms with Gasteiger partial charge in [0.05, 0.1) is 13.0 Å². The first kappa shape index (κ1) is 20.1. The number of ether oxygens (including phenoxy) is 1. The van der Waals surface area contributed by atoms with E-state index in [9.17, 15) is 4.79 Å². The Labute approximate surface area is 188 Å². The highest BCUT2D eigenvalue weighted by Gasteiger charge is 2.52. The lowest BCUT2D eigenvalue weighted by Gasteiger charge is -2.57. The molecule has 4 aliphatic carbocycles. The van der Waals surface area contributed by atoms with E-state index in [1.165, 1.54) is 38.5 Å². The Kier molecular flexibility index (Phi) is 4.88. The molecule has 1 aromatic heterocycles. The predicted octanol–water partition coefficient (Wildman–Crippen LogP) is 4.60. The van der Waals surface area contributed by atoms with E-state index in [1.54, 1.807) is 7.11 Å². The Morgan fingerprint density at radius 1 is 1.12 bits per heavy atom. The number of nitrogens with zero attached hydrogens (tertiary/aromatic N) is 3. The van der Waals surface area contributed by atoms with E-state index >= 15 is 0 Å². The highest BCUT2D eigenvalue weighted by atomic mass is 16.5. The first-order valence-electron chi connectivity index (χ1n) is 12.1. The van der Waals surface area contributed by atoms with Crippen LogP contribution in [0.4, 0.5) is 4.79 Å². The van der Waals surface area contributed by atoms with Crippen molar-refractivity contribution in [1.29, 1.82) is 0 Å². The SMILES string of the molecule is COc1ccc(-c2noc([C@@H]3CCCN(C(=O)NC45CC6CC(CC(C6)C4)C5)C3)n2)cc1. The molecule has 2 aromatic rings. The topological polar surface area (TPSA) is 80.5 Å². The minimum absolute atomic E-state index is 0.0464. The molecule has 5 aliphatic rings. The summed E-state index contributed by atoms with van der Waals surface area (Å²) in [6.07, 6.45) is 9.60. The van der Waals surface area contributed by atoms with Crippen molar-refractivity contribution in [1.82, 2.24) is 20.4 Å². The van der Waals surface area contributed by atoms with Crippen molar-refractivity contribution in [3.05, 3.63) is 30.2 Å². The molecule has 32 heavy (non-hydrogen) atoms. The number of carbonyl (C=O) groups is 1. The molecule has 5 fully saturated rings. The van der Waals surface area contributed by atoms with Crippen LogP contribution in [0.15, 0.2) is 28.8 Å². The summed E-state index contributed by atoms with van der Waals surface area (Å²) in [7, 11) is 1.65. The van der Waals surface area contributed by atoms with Gasteiger partial charge in [-0.1, -0.05) is 5.16 Å². The molecule has 0 radical (unpaired) electrons. The number of methoxy groups -OCH3 is 1. The number of urea groups is 1. The molecule has 7 nitrogen and oxygen atoms in total. The second-order valence-electron chi connectivity index (χ2n) is 10.6. The zero-order chi connectivity index (χ0) is 21.7.